The molecule has 3 heterocycles. The molecule has 0 radical (unpaired) electrons. The lowest BCUT2D eigenvalue weighted by Gasteiger charge is -2.11. The first kappa shape index (κ1) is 21.0. The summed E-state index contributed by atoms with van der Waals surface area (Å²) in [5.41, 5.74) is 2.75. The van der Waals surface area contributed by atoms with Gasteiger partial charge < -0.3 is 20.5 Å². The van der Waals surface area contributed by atoms with Crippen molar-refractivity contribution in [2.24, 2.45) is 0 Å². The number of pyridine rings is 1. The largest absolute Gasteiger partial charge is 0.368 e. The summed E-state index contributed by atoms with van der Waals surface area (Å²) in [6.07, 6.45) is 5.68. The molecule has 0 aliphatic heterocycles. The molecule has 0 bridgehead atoms. The van der Waals surface area contributed by atoms with E-state index in [0.29, 0.717) is 36.1 Å². The van der Waals surface area contributed by atoms with E-state index in [4.69, 9.17) is 0 Å². The Labute approximate surface area is 186 Å². The van der Waals surface area contributed by atoms with Crippen molar-refractivity contribution in [1.29, 1.82) is 0 Å². The number of carbonyl (C=O) groups is 1. The van der Waals surface area contributed by atoms with Crippen molar-refractivity contribution in [3.05, 3.63) is 90.1 Å². The summed E-state index contributed by atoms with van der Waals surface area (Å²) >= 11 is 0. The molecule has 1 amide bonds. The third kappa shape index (κ3) is 5.48. The van der Waals surface area contributed by atoms with Crippen LogP contribution in [0.3, 0.4) is 0 Å². The first-order valence-corrected chi connectivity index (χ1v) is 10.4. The molecule has 4 rings (SSSR count). The maximum Gasteiger partial charge on any atom is 0.251 e. The van der Waals surface area contributed by atoms with Crippen LogP contribution in [0.25, 0.3) is 5.69 Å². The highest BCUT2D eigenvalue weighted by Crippen LogP contribution is 2.16. The van der Waals surface area contributed by atoms with E-state index in [1.54, 1.807) is 6.20 Å². The number of hydrogen-bond acceptors (Lipinski definition) is 6. The van der Waals surface area contributed by atoms with E-state index in [9.17, 15) is 4.79 Å². The number of anilines is 3. The molecule has 0 fully saturated rings. The van der Waals surface area contributed by atoms with Crippen LogP contribution in [0, 0.1) is 13.8 Å². The van der Waals surface area contributed by atoms with Crippen LogP contribution < -0.4 is 16.0 Å². The van der Waals surface area contributed by atoms with Crippen LogP contribution in [0.2, 0.25) is 0 Å². The summed E-state index contributed by atoms with van der Waals surface area (Å²) in [6.45, 7) is 4.84. The molecule has 0 aliphatic carbocycles. The SMILES string of the molecule is Cc1ccnc(Nc2cc(NCCNC(=O)c3ccc(-n4cccc4)cc3)nc(C)n2)c1. The molecule has 0 saturated carbocycles. The van der Waals surface area contributed by atoms with Gasteiger partial charge in [0.05, 0.1) is 0 Å². The van der Waals surface area contributed by atoms with Gasteiger partial charge in [-0.1, -0.05) is 0 Å². The molecule has 32 heavy (non-hydrogen) atoms. The number of benzene rings is 1. The van der Waals surface area contributed by atoms with Gasteiger partial charge in [-0.25, -0.2) is 15.0 Å². The number of rotatable bonds is 8. The second-order valence-corrected chi connectivity index (χ2v) is 7.35. The predicted octanol–water partition coefficient (Wildman–Crippen LogP) is 3.86. The number of aromatic nitrogens is 4. The number of carbonyl (C=O) groups excluding carboxylic acids is 1. The molecule has 0 saturated heterocycles. The summed E-state index contributed by atoms with van der Waals surface area (Å²) in [4.78, 5) is 25.5. The van der Waals surface area contributed by atoms with E-state index in [0.717, 1.165) is 17.1 Å². The van der Waals surface area contributed by atoms with Gasteiger partial charge >= 0.3 is 0 Å². The molecule has 3 N–H and O–H groups in total. The summed E-state index contributed by atoms with van der Waals surface area (Å²) in [7, 11) is 0. The third-order valence-electron chi connectivity index (χ3n) is 4.76. The van der Waals surface area contributed by atoms with Crippen LogP contribution in [0.4, 0.5) is 17.5 Å². The highest BCUT2D eigenvalue weighted by atomic mass is 16.1. The fourth-order valence-electron chi connectivity index (χ4n) is 3.22. The van der Waals surface area contributed by atoms with Gasteiger partial charge in [0.15, 0.2) is 0 Å². The average molecular weight is 428 g/mol. The highest BCUT2D eigenvalue weighted by Gasteiger charge is 2.06. The number of aryl methyl sites for hydroxylation is 2. The van der Waals surface area contributed by atoms with Crippen molar-refractivity contribution in [3.8, 4) is 5.69 Å². The molecule has 0 unspecified atom stereocenters. The lowest BCUT2D eigenvalue weighted by molar-refractivity contribution is 0.0955. The highest BCUT2D eigenvalue weighted by molar-refractivity contribution is 5.94. The van der Waals surface area contributed by atoms with Crippen molar-refractivity contribution in [3.63, 3.8) is 0 Å². The molecule has 0 atom stereocenters. The Hall–Kier alpha value is -4.20. The smallest absolute Gasteiger partial charge is 0.251 e. The summed E-state index contributed by atoms with van der Waals surface area (Å²) in [5.74, 6) is 2.58. The van der Waals surface area contributed by atoms with Crippen molar-refractivity contribution in [1.82, 2.24) is 24.8 Å². The Morgan fingerprint density at radius 2 is 1.66 bits per heavy atom. The van der Waals surface area contributed by atoms with Gasteiger partial charge in [-0.3, -0.25) is 4.79 Å². The lowest BCUT2D eigenvalue weighted by atomic mass is 10.2. The normalized spacial score (nSPS) is 10.6. The van der Waals surface area contributed by atoms with Crippen LogP contribution in [-0.2, 0) is 0 Å². The predicted molar refractivity (Wildman–Crippen MR) is 126 cm³/mol. The van der Waals surface area contributed by atoms with Gasteiger partial charge in [0.1, 0.15) is 23.3 Å². The van der Waals surface area contributed by atoms with E-state index in [1.807, 2.05) is 85.4 Å². The van der Waals surface area contributed by atoms with Gasteiger partial charge in [-0.15, -0.1) is 0 Å². The number of amides is 1. The van der Waals surface area contributed by atoms with Crippen LogP contribution in [0.15, 0.2) is 73.2 Å². The van der Waals surface area contributed by atoms with Gasteiger partial charge in [-0.2, -0.15) is 0 Å². The molecule has 162 valence electrons. The summed E-state index contributed by atoms with van der Waals surface area (Å²) in [6, 6.07) is 17.1. The first-order valence-electron chi connectivity index (χ1n) is 10.4. The molecular formula is C24H25N7O. The van der Waals surface area contributed by atoms with Crippen molar-refractivity contribution >= 4 is 23.4 Å². The van der Waals surface area contributed by atoms with Gasteiger partial charge in [-0.05, 0) is 67.9 Å². The van der Waals surface area contributed by atoms with Crippen LogP contribution >= 0.6 is 0 Å². The Balaban J connectivity index is 1.28. The molecule has 0 spiro atoms. The van der Waals surface area contributed by atoms with E-state index in [-0.39, 0.29) is 5.91 Å². The van der Waals surface area contributed by atoms with E-state index >= 15 is 0 Å². The number of nitrogens with zero attached hydrogens (tertiary/aromatic N) is 4. The standard InChI is InChI=1S/C24H25N7O/c1-17-9-10-25-21(15-17)30-23-16-22(28-18(2)29-23)26-11-12-27-24(32)19-5-7-20(8-6-19)31-13-3-4-14-31/h3-10,13-16H,11-12H2,1-2H3,(H,27,32)(H2,25,26,28,29,30). The summed E-state index contributed by atoms with van der Waals surface area (Å²) < 4.78 is 1.99. The Morgan fingerprint density at radius 1 is 0.906 bits per heavy atom. The molecule has 3 aromatic heterocycles. The van der Waals surface area contributed by atoms with Crippen LogP contribution in [-0.4, -0.2) is 38.5 Å². The molecular weight excluding hydrogens is 402 g/mol. The molecule has 8 nitrogen and oxygen atoms in total. The minimum atomic E-state index is -0.113. The van der Waals surface area contributed by atoms with Gasteiger partial charge in [0.25, 0.3) is 5.91 Å². The second kappa shape index (κ2) is 9.74. The quantitative estimate of drug-likeness (QED) is 0.370. The maximum atomic E-state index is 12.4. The van der Waals surface area contributed by atoms with E-state index < -0.39 is 0 Å². The lowest BCUT2D eigenvalue weighted by Crippen LogP contribution is -2.28. The third-order valence-corrected chi connectivity index (χ3v) is 4.76. The van der Waals surface area contributed by atoms with E-state index in [2.05, 4.69) is 30.9 Å². The second-order valence-electron chi connectivity index (χ2n) is 7.35. The monoisotopic (exact) mass is 427 g/mol. The van der Waals surface area contributed by atoms with Crippen molar-refractivity contribution in [2.75, 3.05) is 23.7 Å². The molecule has 0 aliphatic rings. The number of nitrogens with one attached hydrogen (secondary N) is 3. The summed E-state index contributed by atoms with van der Waals surface area (Å²) in [5, 5.41) is 9.35. The van der Waals surface area contributed by atoms with E-state index in [1.165, 1.54) is 0 Å². The zero-order valence-electron chi connectivity index (χ0n) is 18.0. The van der Waals surface area contributed by atoms with Gasteiger partial charge in [0, 0.05) is 49.0 Å². The molecule has 4 aromatic rings. The maximum absolute atomic E-state index is 12.4. The topological polar surface area (TPSA) is 96.8 Å². The van der Waals surface area contributed by atoms with Crippen LogP contribution in [0.1, 0.15) is 21.7 Å². The number of hydrogen-bond donors (Lipinski definition) is 3. The Morgan fingerprint density at radius 3 is 2.41 bits per heavy atom. The molecule has 8 heteroatoms. The Bertz CT molecular complexity index is 1190. The average Bonchev–Trinajstić information content (AvgIpc) is 3.31. The zero-order chi connectivity index (χ0) is 22.3. The van der Waals surface area contributed by atoms with Gasteiger partial charge in [0.2, 0.25) is 0 Å². The zero-order valence-corrected chi connectivity index (χ0v) is 18.0. The fraction of sp³-hybridized carbons (Fsp3) is 0.167. The molecule has 1 aromatic carbocycles. The van der Waals surface area contributed by atoms with Crippen molar-refractivity contribution in [2.45, 2.75) is 13.8 Å². The first-order chi connectivity index (χ1) is 15.6. The van der Waals surface area contributed by atoms with Crippen molar-refractivity contribution < 1.29 is 4.79 Å². The van der Waals surface area contributed by atoms with Crippen LogP contribution in [0.5, 0.6) is 0 Å². The Kier molecular flexibility index (Phi) is 6.41. The minimum Gasteiger partial charge on any atom is -0.368 e. The fourth-order valence-corrected chi connectivity index (χ4v) is 3.22. The minimum absolute atomic E-state index is 0.113.